The molecule has 0 aromatic heterocycles. The van der Waals surface area contributed by atoms with Crippen molar-refractivity contribution >= 4 is 111 Å². The molecule has 8 aromatic rings. The third-order valence-electron chi connectivity index (χ3n) is 25.9. The third-order valence-corrected chi connectivity index (χ3v) is 29.9. The van der Waals surface area contributed by atoms with Gasteiger partial charge in [0.2, 0.25) is 0 Å². The van der Waals surface area contributed by atoms with E-state index in [0.29, 0.717) is 69.5 Å². The molecule has 8 rings (SSSR count). The van der Waals surface area contributed by atoms with Gasteiger partial charge in [-0.2, -0.15) is 0 Å². The molecule has 129 heavy (non-hydrogen) atoms. The predicted octanol–water partition coefficient (Wildman–Crippen LogP) is 32.9. The molecule has 0 amide bonds. The van der Waals surface area contributed by atoms with Gasteiger partial charge in [-0.15, -0.1) is 0 Å². The van der Waals surface area contributed by atoms with Gasteiger partial charge in [0.15, 0.2) is 0 Å². The van der Waals surface area contributed by atoms with Crippen LogP contribution in [0.2, 0.25) is 0 Å². The van der Waals surface area contributed by atoms with Crippen LogP contribution in [0.25, 0.3) is 43.1 Å². The van der Waals surface area contributed by atoms with E-state index in [1.165, 1.54) is 305 Å². The Morgan fingerprint density at radius 3 is 0.442 bits per heavy atom. The largest absolute Gasteiger partial charge is 0.744 e. The van der Waals surface area contributed by atoms with Crippen LogP contribution in [0.5, 0.6) is 0 Å². The standard InChI is InChI=1S/4C28H44O3S.Pb/c4*1-3-5-7-9-11-13-15-17-24-19-22-27-26(23-24)21-20-25(28(27)32(29,30)31)18-16-14-12-10-8-6-4-2;/h4*19-23H,3-18H2,1-2H3,(H,29,30,31);/p-4. The molecule has 0 saturated heterocycles. The fourth-order valence-corrected chi connectivity index (χ4v) is 22.2. The second kappa shape index (κ2) is 69.2. The molecule has 0 unspecified atom stereocenters. The van der Waals surface area contributed by atoms with E-state index in [1.54, 1.807) is 0 Å². The monoisotopic (exact) mass is 2050 g/mol. The molecule has 17 heteroatoms. The van der Waals surface area contributed by atoms with Crippen LogP contribution >= 0.6 is 0 Å². The zero-order chi connectivity index (χ0) is 92.9. The maximum absolute atomic E-state index is 12.1. The van der Waals surface area contributed by atoms with Crippen LogP contribution in [0.15, 0.2) is 141 Å². The summed E-state index contributed by atoms with van der Waals surface area (Å²) in [7, 11) is -18.0. The van der Waals surface area contributed by atoms with E-state index < -0.39 is 40.5 Å². The molecular weight excluding hydrogens is 1870 g/mol. The number of unbranched alkanes of at least 4 members (excludes halogenated alkanes) is 48. The fourth-order valence-electron chi connectivity index (χ4n) is 18.4. The number of hydrogen-bond acceptors (Lipinski definition) is 12. The number of benzene rings is 8. The Labute approximate surface area is 807 Å². The number of aryl methyl sites for hydroxylation is 8. The quantitative estimate of drug-likeness (QED) is 0.0197. The van der Waals surface area contributed by atoms with Crippen molar-refractivity contribution in [1.29, 1.82) is 0 Å². The van der Waals surface area contributed by atoms with E-state index >= 15 is 0 Å². The van der Waals surface area contributed by atoms with E-state index in [0.717, 1.165) is 124 Å². The number of fused-ring (bicyclic) bond motifs is 4. The van der Waals surface area contributed by atoms with E-state index in [-0.39, 0.29) is 46.9 Å². The minimum absolute atomic E-state index is 0. The first-order valence-corrected chi connectivity index (χ1v) is 57.5. The molecule has 0 fully saturated rings. The van der Waals surface area contributed by atoms with E-state index in [9.17, 15) is 51.9 Å². The molecule has 0 saturated carbocycles. The second-order valence-corrected chi connectivity index (χ2v) is 42.5. The van der Waals surface area contributed by atoms with Gasteiger partial charge in [-0.1, -0.05) is 485 Å². The molecule has 0 heterocycles. The first-order valence-electron chi connectivity index (χ1n) is 51.9. The van der Waals surface area contributed by atoms with Crippen molar-refractivity contribution in [3.8, 4) is 0 Å². The van der Waals surface area contributed by atoms with Crippen molar-refractivity contribution in [3.63, 3.8) is 0 Å². The van der Waals surface area contributed by atoms with E-state index in [1.807, 2.05) is 97.1 Å². The van der Waals surface area contributed by atoms with Gasteiger partial charge >= 0.3 is 0 Å². The molecule has 0 aliphatic heterocycles. The summed E-state index contributed by atoms with van der Waals surface area (Å²) < 4.78 is 145. The molecule has 724 valence electrons. The maximum Gasteiger partial charge on any atom is 0.125 e. The summed E-state index contributed by atoms with van der Waals surface area (Å²) in [5, 5.41) is 5.80. The van der Waals surface area contributed by atoms with Crippen LogP contribution in [-0.4, -0.2) is 79.2 Å². The van der Waals surface area contributed by atoms with Crippen molar-refractivity contribution in [2.75, 3.05) is 0 Å². The van der Waals surface area contributed by atoms with Gasteiger partial charge in [-0.3, -0.25) is 0 Å². The van der Waals surface area contributed by atoms with Gasteiger partial charge in [0.05, 0.1) is 19.6 Å². The van der Waals surface area contributed by atoms with Crippen LogP contribution in [0.4, 0.5) is 0 Å². The predicted molar refractivity (Wildman–Crippen MR) is 547 cm³/mol. The summed E-state index contributed by atoms with van der Waals surface area (Å²) in [4.78, 5) is 0.0128. The Morgan fingerprint density at radius 2 is 0.302 bits per heavy atom. The van der Waals surface area contributed by atoms with Gasteiger partial charge in [0, 0.05) is 27.3 Å². The van der Waals surface area contributed by atoms with Gasteiger partial charge in [-0.05, 0) is 190 Å². The van der Waals surface area contributed by atoms with Crippen molar-refractivity contribution < 1.29 is 51.9 Å². The summed E-state index contributed by atoms with van der Waals surface area (Å²) in [6.07, 6.45) is 75.2. The average molecular weight is 2050 g/mol. The molecule has 0 aliphatic carbocycles. The van der Waals surface area contributed by atoms with Crippen molar-refractivity contribution in [2.45, 2.75) is 486 Å². The zero-order valence-corrected chi connectivity index (χ0v) is 89.0. The average Bonchev–Trinajstić information content (AvgIpc) is 0.792. The summed E-state index contributed by atoms with van der Waals surface area (Å²) >= 11 is 0. The molecule has 0 N–H and O–H groups in total. The topological polar surface area (TPSA) is 229 Å². The second-order valence-electron chi connectivity index (χ2n) is 37.2. The molecule has 0 aliphatic rings. The maximum atomic E-state index is 12.1. The van der Waals surface area contributed by atoms with Gasteiger partial charge in [0.25, 0.3) is 0 Å². The van der Waals surface area contributed by atoms with Crippen molar-refractivity contribution in [3.05, 3.63) is 166 Å². The molecule has 0 bridgehead atoms. The molecular formula is C112H172O12PbS4-4. The van der Waals surface area contributed by atoms with Gasteiger partial charge in [-0.25, -0.2) is 33.7 Å². The number of hydrogen-bond donors (Lipinski definition) is 0. The minimum Gasteiger partial charge on any atom is -0.744 e. The first kappa shape index (κ1) is 117. The van der Waals surface area contributed by atoms with Crippen LogP contribution in [-0.2, 0) is 91.8 Å². The van der Waals surface area contributed by atoms with Gasteiger partial charge < -0.3 is 18.2 Å². The van der Waals surface area contributed by atoms with Gasteiger partial charge in [0.1, 0.15) is 40.5 Å². The molecule has 12 nitrogen and oxygen atoms in total. The molecule has 0 atom stereocenters. The van der Waals surface area contributed by atoms with Crippen LogP contribution in [0, 0.1) is 0 Å². The smallest absolute Gasteiger partial charge is 0.125 e. The Morgan fingerprint density at radius 1 is 0.171 bits per heavy atom. The van der Waals surface area contributed by atoms with E-state index in [4.69, 9.17) is 0 Å². The van der Waals surface area contributed by atoms with Crippen LogP contribution < -0.4 is 0 Å². The van der Waals surface area contributed by atoms with E-state index in [2.05, 4.69) is 79.7 Å². The molecule has 0 spiro atoms. The zero-order valence-electron chi connectivity index (χ0n) is 81.8. The fraction of sp³-hybridized carbons (Fsp3) is 0.643. The Hall–Kier alpha value is -4.64. The summed E-state index contributed by atoms with van der Waals surface area (Å²) in [5.41, 5.74) is 7.61. The molecule has 8 aromatic carbocycles. The summed E-state index contributed by atoms with van der Waals surface area (Å²) in [6.45, 7) is 17.8. The van der Waals surface area contributed by atoms with Crippen molar-refractivity contribution in [1.82, 2.24) is 0 Å². The Kier molecular flexibility index (Phi) is 62.6. The Bertz CT molecular complexity index is 4220. The van der Waals surface area contributed by atoms with Crippen LogP contribution in [0.3, 0.4) is 0 Å². The normalized spacial score (nSPS) is 11.9. The molecule has 4 radical (unpaired) electrons. The summed E-state index contributed by atoms with van der Waals surface area (Å²) in [6, 6.07) is 39.1. The Balaban J connectivity index is 0.000000359. The SMILES string of the molecule is CCCCCCCCCc1ccc2c(S(=O)(=O)[O-])c(CCCCCCCCC)ccc2c1.CCCCCCCCCc1ccc2c(S(=O)(=O)[O-])c(CCCCCCCCC)ccc2c1.CCCCCCCCCc1ccc2c(S(=O)(=O)[O-])c(CCCCCCCCC)ccc2c1.CCCCCCCCCc1ccc2c(S(=O)(=O)[O-])c(CCCCCCCCC)ccc2c1.[Pb]. The minimum atomic E-state index is -4.51. The third kappa shape index (κ3) is 47.6. The number of rotatable bonds is 68. The van der Waals surface area contributed by atoms with Crippen LogP contribution in [0.1, 0.15) is 459 Å². The van der Waals surface area contributed by atoms with Crippen molar-refractivity contribution in [2.24, 2.45) is 0 Å². The first-order chi connectivity index (χ1) is 61.9. The summed E-state index contributed by atoms with van der Waals surface area (Å²) in [5.74, 6) is 0.